The van der Waals surface area contributed by atoms with Crippen LogP contribution in [0, 0.1) is 0 Å². The maximum absolute atomic E-state index is 11.6. The molecule has 0 fully saturated rings. The van der Waals surface area contributed by atoms with E-state index in [1.807, 2.05) is 0 Å². The molecule has 0 radical (unpaired) electrons. The van der Waals surface area contributed by atoms with Crippen molar-refractivity contribution >= 4 is 69.8 Å². The van der Waals surface area contributed by atoms with Crippen molar-refractivity contribution in [3.05, 3.63) is 0 Å². The average molecular weight is 625 g/mol. The summed E-state index contributed by atoms with van der Waals surface area (Å²) in [7, 11) is -5.40. The fraction of sp³-hybridized carbons (Fsp3) is 0.923. The maximum Gasteiger partial charge on any atom is 2.00 e. The molecule has 0 rings (SSSR count). The van der Waals surface area contributed by atoms with Gasteiger partial charge in [0.15, 0.2) is 0 Å². The first-order valence-electron chi connectivity index (χ1n) is 14.1. The van der Waals surface area contributed by atoms with Gasteiger partial charge >= 0.3 is 37.7 Å². The zero-order valence-corrected chi connectivity index (χ0v) is 28.7. The van der Waals surface area contributed by atoms with E-state index in [0.29, 0.717) is 12.8 Å². The second-order valence-electron chi connectivity index (χ2n) is 9.90. The van der Waals surface area contributed by atoms with Gasteiger partial charge in [-0.05, 0) is 12.8 Å². The standard InChI is InChI=1S/2C13H27NO4S.Ca/c2*1-3-4-5-6-7-8-9-10-13(15)14(2)11-12-19(16,17)18;/h2*3-12H2,1-2H3,(H,16,17,18);/q;;+2/p-2. The molecule has 0 aromatic heterocycles. The number of amides is 2. The first-order chi connectivity index (χ1) is 17.7. The summed E-state index contributed by atoms with van der Waals surface area (Å²) in [5, 5.41) is 0. The second-order valence-corrected chi connectivity index (χ2v) is 12.9. The minimum atomic E-state index is -4.23. The molecule has 0 saturated carbocycles. The van der Waals surface area contributed by atoms with E-state index >= 15 is 0 Å². The molecule has 0 unspecified atom stereocenters. The Morgan fingerprint density at radius 3 is 1.05 bits per heavy atom. The van der Waals surface area contributed by atoms with Gasteiger partial charge < -0.3 is 18.9 Å². The van der Waals surface area contributed by atoms with Crippen LogP contribution >= 0.6 is 0 Å². The van der Waals surface area contributed by atoms with E-state index in [0.717, 1.165) is 38.5 Å². The summed E-state index contributed by atoms with van der Waals surface area (Å²) in [5.41, 5.74) is 0. The number of rotatable bonds is 22. The molecule has 0 heterocycles. The summed E-state index contributed by atoms with van der Waals surface area (Å²) >= 11 is 0. The molecule has 10 nitrogen and oxygen atoms in total. The van der Waals surface area contributed by atoms with Crippen molar-refractivity contribution in [1.82, 2.24) is 9.80 Å². The molecule has 0 bridgehead atoms. The van der Waals surface area contributed by atoms with Crippen molar-refractivity contribution in [1.29, 1.82) is 0 Å². The van der Waals surface area contributed by atoms with E-state index in [-0.39, 0.29) is 62.6 Å². The Balaban J connectivity index is -0.000000648. The Hall–Kier alpha value is 0.0197. The van der Waals surface area contributed by atoms with E-state index < -0.39 is 31.7 Å². The number of hydrogen-bond acceptors (Lipinski definition) is 8. The van der Waals surface area contributed by atoms with Crippen LogP contribution in [-0.2, 0) is 29.8 Å². The molecule has 0 aliphatic carbocycles. The first kappa shape index (κ1) is 43.5. The van der Waals surface area contributed by atoms with Gasteiger partial charge in [-0.15, -0.1) is 0 Å². The molecule has 0 saturated heterocycles. The number of carbonyl (C=O) groups excluding carboxylic acids is 2. The average Bonchev–Trinajstić information content (AvgIpc) is 2.83. The van der Waals surface area contributed by atoms with Crippen LogP contribution in [0.1, 0.15) is 117 Å². The molecule has 0 aromatic carbocycles. The maximum atomic E-state index is 11.6. The Morgan fingerprint density at radius 2 is 0.795 bits per heavy atom. The van der Waals surface area contributed by atoms with Crippen LogP contribution in [0.25, 0.3) is 0 Å². The molecule has 0 spiro atoms. The van der Waals surface area contributed by atoms with Gasteiger partial charge in [0.2, 0.25) is 11.8 Å². The third-order valence-electron chi connectivity index (χ3n) is 6.19. The zero-order chi connectivity index (χ0) is 29.5. The smallest absolute Gasteiger partial charge is 0.748 e. The monoisotopic (exact) mass is 624 g/mol. The first-order valence-corrected chi connectivity index (χ1v) is 17.2. The van der Waals surface area contributed by atoms with Gasteiger partial charge in [-0.3, -0.25) is 9.59 Å². The zero-order valence-electron chi connectivity index (χ0n) is 24.8. The third kappa shape index (κ3) is 34.1. The van der Waals surface area contributed by atoms with Crippen molar-refractivity contribution in [2.75, 3.05) is 38.7 Å². The fourth-order valence-electron chi connectivity index (χ4n) is 3.60. The van der Waals surface area contributed by atoms with E-state index in [1.165, 1.54) is 75.3 Å². The van der Waals surface area contributed by atoms with E-state index in [9.17, 15) is 35.5 Å². The molecule has 0 aromatic rings. The van der Waals surface area contributed by atoms with Gasteiger partial charge in [-0.2, -0.15) is 0 Å². The van der Waals surface area contributed by atoms with Crippen LogP contribution in [0.4, 0.5) is 0 Å². The van der Waals surface area contributed by atoms with E-state index in [1.54, 1.807) is 0 Å². The molecular weight excluding hydrogens is 573 g/mol. The minimum Gasteiger partial charge on any atom is -0.748 e. The summed E-state index contributed by atoms with van der Waals surface area (Å²) < 4.78 is 62.7. The molecule has 0 N–H and O–H groups in total. The Kier molecular flexibility index (Phi) is 30.0. The van der Waals surface area contributed by atoms with Gasteiger partial charge in [0.25, 0.3) is 0 Å². The van der Waals surface area contributed by atoms with Crippen molar-refractivity contribution < 1.29 is 35.5 Å². The molecule has 0 aliphatic rings. The van der Waals surface area contributed by atoms with Gasteiger partial charge in [-0.1, -0.05) is 90.9 Å². The Labute approximate surface area is 268 Å². The molecule has 0 atom stereocenters. The Bertz CT molecular complexity index is 756. The van der Waals surface area contributed by atoms with Gasteiger partial charge in [0.1, 0.15) is 0 Å². The SMILES string of the molecule is CCCCCCCCCC(=O)N(C)CCS(=O)(=O)[O-].CCCCCCCCCC(=O)N(C)CCS(=O)(=O)[O-].[Ca+2]. The summed E-state index contributed by atoms with van der Waals surface area (Å²) in [5.74, 6) is -1.19. The molecule has 2 amide bonds. The molecule has 228 valence electrons. The molecule has 0 aliphatic heterocycles. The van der Waals surface area contributed by atoms with Crippen LogP contribution in [0.2, 0.25) is 0 Å². The number of hydrogen-bond donors (Lipinski definition) is 0. The molecule has 13 heteroatoms. The fourth-order valence-corrected chi connectivity index (χ4v) is 4.59. The van der Waals surface area contributed by atoms with Crippen LogP contribution in [0.3, 0.4) is 0 Å². The van der Waals surface area contributed by atoms with Crippen LogP contribution < -0.4 is 0 Å². The number of carbonyl (C=O) groups is 2. The second kappa shape index (κ2) is 26.9. The van der Waals surface area contributed by atoms with Crippen LogP contribution in [0.15, 0.2) is 0 Å². The quantitative estimate of drug-likeness (QED) is 0.0998. The van der Waals surface area contributed by atoms with Gasteiger partial charge in [0, 0.05) is 40.0 Å². The third-order valence-corrected chi connectivity index (χ3v) is 7.56. The topological polar surface area (TPSA) is 155 Å². The summed E-state index contributed by atoms with van der Waals surface area (Å²) in [6.45, 7) is 4.33. The predicted octanol–water partition coefficient (Wildman–Crippen LogP) is 3.88. The number of nitrogens with zero attached hydrogens (tertiary/aromatic N) is 2. The van der Waals surface area contributed by atoms with E-state index in [2.05, 4.69) is 13.8 Å². The van der Waals surface area contributed by atoms with E-state index in [4.69, 9.17) is 0 Å². The largest absolute Gasteiger partial charge is 2.00 e. The van der Waals surface area contributed by atoms with Gasteiger partial charge in [0.05, 0.1) is 31.7 Å². The Morgan fingerprint density at radius 1 is 0.538 bits per heavy atom. The normalized spacial score (nSPS) is 11.2. The van der Waals surface area contributed by atoms with Crippen LogP contribution in [-0.4, -0.2) is 124 Å². The summed E-state index contributed by atoms with van der Waals surface area (Å²) in [6, 6.07) is 0. The van der Waals surface area contributed by atoms with Crippen LogP contribution in [0.5, 0.6) is 0 Å². The summed E-state index contributed by atoms with van der Waals surface area (Å²) in [4.78, 5) is 25.9. The number of unbranched alkanes of at least 4 members (excludes halogenated alkanes) is 12. The summed E-state index contributed by atoms with van der Waals surface area (Å²) in [6.07, 6.45) is 16.8. The van der Waals surface area contributed by atoms with Crippen molar-refractivity contribution in [3.8, 4) is 0 Å². The minimum absolute atomic E-state index is 0. The van der Waals surface area contributed by atoms with Crippen molar-refractivity contribution in [3.63, 3.8) is 0 Å². The van der Waals surface area contributed by atoms with Crippen molar-refractivity contribution in [2.24, 2.45) is 0 Å². The van der Waals surface area contributed by atoms with Gasteiger partial charge in [-0.25, -0.2) is 16.8 Å². The van der Waals surface area contributed by atoms with Crippen molar-refractivity contribution in [2.45, 2.75) is 117 Å². The predicted molar refractivity (Wildman–Crippen MR) is 155 cm³/mol. The molecule has 39 heavy (non-hydrogen) atoms. The molecular formula is C26H52CaN2O8S2.